The topological polar surface area (TPSA) is 92.4 Å². The Morgan fingerprint density at radius 3 is 2.21 bits per heavy atom. The van der Waals surface area contributed by atoms with Gasteiger partial charge in [0.2, 0.25) is 5.91 Å². The van der Waals surface area contributed by atoms with Gasteiger partial charge in [-0.3, -0.25) is 4.79 Å². The van der Waals surface area contributed by atoms with Crippen LogP contribution in [0.4, 0.5) is 0 Å². The molecule has 0 saturated carbocycles. The maximum absolute atomic E-state index is 11.4. The van der Waals surface area contributed by atoms with Gasteiger partial charge in [-0.25, -0.2) is 4.79 Å². The molecule has 0 aliphatic carbocycles. The van der Waals surface area contributed by atoms with Crippen LogP contribution in [0.5, 0.6) is 0 Å². The van der Waals surface area contributed by atoms with E-state index < -0.39 is 24.0 Å². The molecule has 0 fully saturated rings. The summed E-state index contributed by atoms with van der Waals surface area (Å²) in [5.41, 5.74) is 5.56. The van der Waals surface area contributed by atoms with Gasteiger partial charge < -0.3 is 16.2 Å². The van der Waals surface area contributed by atoms with Crippen LogP contribution in [-0.4, -0.2) is 29.1 Å². The van der Waals surface area contributed by atoms with Crippen molar-refractivity contribution >= 4 is 11.9 Å². The van der Waals surface area contributed by atoms with E-state index in [-0.39, 0.29) is 5.92 Å². The van der Waals surface area contributed by atoms with Crippen molar-refractivity contribution in [2.24, 2.45) is 11.7 Å². The number of carboxylic acid groups (broad SMARTS) is 1. The first-order chi connectivity index (χ1) is 6.40. The molecule has 0 aliphatic rings. The van der Waals surface area contributed by atoms with E-state index in [0.29, 0.717) is 6.42 Å². The van der Waals surface area contributed by atoms with Gasteiger partial charge in [-0.15, -0.1) is 0 Å². The Kier molecular flexibility index (Phi) is 5.15. The first kappa shape index (κ1) is 12.9. The maximum atomic E-state index is 11.4. The molecule has 0 radical (unpaired) electrons. The van der Waals surface area contributed by atoms with Gasteiger partial charge in [-0.2, -0.15) is 0 Å². The summed E-state index contributed by atoms with van der Waals surface area (Å²) in [6.45, 7) is 5.32. The lowest BCUT2D eigenvalue weighted by Gasteiger charge is -2.18. The third-order valence-corrected chi connectivity index (χ3v) is 2.04. The average Bonchev–Trinajstić information content (AvgIpc) is 2.11. The molecule has 0 heterocycles. The van der Waals surface area contributed by atoms with Gasteiger partial charge in [-0.1, -0.05) is 20.8 Å². The predicted molar refractivity (Wildman–Crippen MR) is 52.7 cm³/mol. The molecule has 0 aromatic heterocycles. The number of hydrogen-bond acceptors (Lipinski definition) is 3. The molecule has 2 atom stereocenters. The van der Waals surface area contributed by atoms with Gasteiger partial charge >= 0.3 is 5.97 Å². The third kappa shape index (κ3) is 3.74. The molecular formula is C9H18N2O3. The second-order valence-electron chi connectivity index (χ2n) is 3.58. The summed E-state index contributed by atoms with van der Waals surface area (Å²) in [5.74, 6) is -1.44. The van der Waals surface area contributed by atoms with Gasteiger partial charge in [0.05, 0.1) is 6.04 Å². The summed E-state index contributed by atoms with van der Waals surface area (Å²) >= 11 is 0. The number of carbonyl (C=O) groups is 2. The molecule has 0 saturated heterocycles. The summed E-state index contributed by atoms with van der Waals surface area (Å²) in [5, 5.41) is 11.1. The first-order valence-corrected chi connectivity index (χ1v) is 4.68. The number of carboxylic acids is 1. The minimum absolute atomic E-state index is 0.00120. The zero-order valence-electron chi connectivity index (χ0n) is 8.78. The van der Waals surface area contributed by atoms with Crippen LogP contribution in [0.1, 0.15) is 27.2 Å². The van der Waals surface area contributed by atoms with Crippen LogP contribution in [-0.2, 0) is 9.59 Å². The molecule has 82 valence electrons. The van der Waals surface area contributed by atoms with Crippen LogP contribution in [0.25, 0.3) is 0 Å². The number of hydrogen-bond donors (Lipinski definition) is 3. The van der Waals surface area contributed by atoms with Gasteiger partial charge in [0, 0.05) is 0 Å². The van der Waals surface area contributed by atoms with E-state index in [1.807, 2.05) is 13.8 Å². The molecule has 0 bridgehead atoms. The Labute approximate surface area is 83.7 Å². The highest BCUT2D eigenvalue weighted by molar-refractivity contribution is 5.86. The van der Waals surface area contributed by atoms with E-state index in [4.69, 9.17) is 10.8 Å². The largest absolute Gasteiger partial charge is 0.480 e. The molecule has 0 unspecified atom stereocenters. The van der Waals surface area contributed by atoms with Crippen LogP contribution < -0.4 is 11.1 Å². The zero-order chi connectivity index (χ0) is 11.3. The first-order valence-electron chi connectivity index (χ1n) is 4.68. The normalized spacial score (nSPS) is 14.9. The second-order valence-corrected chi connectivity index (χ2v) is 3.58. The fourth-order valence-electron chi connectivity index (χ4n) is 0.909. The molecule has 5 nitrogen and oxygen atoms in total. The summed E-state index contributed by atoms with van der Waals surface area (Å²) in [7, 11) is 0. The minimum atomic E-state index is -1.03. The van der Waals surface area contributed by atoms with Crippen molar-refractivity contribution in [2.45, 2.75) is 39.3 Å². The van der Waals surface area contributed by atoms with Gasteiger partial charge in [-0.05, 0) is 12.3 Å². The number of nitrogens with two attached hydrogens (primary N) is 1. The van der Waals surface area contributed by atoms with Crippen LogP contribution in [0.15, 0.2) is 0 Å². The molecule has 14 heavy (non-hydrogen) atoms. The van der Waals surface area contributed by atoms with Crippen molar-refractivity contribution in [3.05, 3.63) is 0 Å². The van der Waals surface area contributed by atoms with Crippen molar-refractivity contribution in [2.75, 3.05) is 0 Å². The van der Waals surface area contributed by atoms with E-state index in [1.54, 1.807) is 6.92 Å². The van der Waals surface area contributed by atoms with Gasteiger partial charge in [0.25, 0.3) is 0 Å². The summed E-state index contributed by atoms with van der Waals surface area (Å²) in [6, 6.07) is -1.49. The fourth-order valence-corrected chi connectivity index (χ4v) is 0.909. The van der Waals surface area contributed by atoms with E-state index in [0.717, 1.165) is 0 Å². The average molecular weight is 202 g/mol. The molecule has 4 N–H and O–H groups in total. The molecule has 5 heteroatoms. The smallest absolute Gasteiger partial charge is 0.326 e. The standard InChI is InChI=1S/C9H18N2O3/c1-4-6(9(13)14)11-8(12)7(10)5(2)3/h5-7H,4,10H2,1-3H3,(H,11,12)(H,13,14)/t6-,7+/m0/s1. The molecular weight excluding hydrogens is 184 g/mol. The Bertz CT molecular complexity index is 216. The highest BCUT2D eigenvalue weighted by atomic mass is 16.4. The SMILES string of the molecule is CC[C@H](NC(=O)[C@H](N)C(C)C)C(=O)O. The van der Waals surface area contributed by atoms with Gasteiger partial charge in [0.15, 0.2) is 0 Å². The molecule has 0 rings (SSSR count). The molecule has 0 aliphatic heterocycles. The fraction of sp³-hybridized carbons (Fsp3) is 0.778. The predicted octanol–water partition coefficient (Wildman–Crippen LogP) is -0.0509. The van der Waals surface area contributed by atoms with E-state index in [1.165, 1.54) is 0 Å². The van der Waals surface area contributed by atoms with Crippen molar-refractivity contribution in [1.82, 2.24) is 5.32 Å². The van der Waals surface area contributed by atoms with Crippen LogP contribution in [0.3, 0.4) is 0 Å². The number of rotatable bonds is 5. The number of amides is 1. The molecule has 1 amide bonds. The Morgan fingerprint density at radius 2 is 1.93 bits per heavy atom. The Morgan fingerprint density at radius 1 is 1.43 bits per heavy atom. The Balaban J connectivity index is 4.22. The summed E-state index contributed by atoms with van der Waals surface area (Å²) < 4.78 is 0. The zero-order valence-corrected chi connectivity index (χ0v) is 8.78. The molecule has 0 spiro atoms. The van der Waals surface area contributed by atoms with E-state index in [2.05, 4.69) is 5.32 Å². The summed E-state index contributed by atoms with van der Waals surface area (Å²) in [6.07, 6.45) is 0.353. The number of nitrogens with one attached hydrogen (secondary N) is 1. The lowest BCUT2D eigenvalue weighted by Crippen LogP contribution is -2.50. The number of aliphatic carboxylic acids is 1. The monoisotopic (exact) mass is 202 g/mol. The summed E-state index contributed by atoms with van der Waals surface area (Å²) in [4.78, 5) is 22.0. The van der Waals surface area contributed by atoms with Crippen molar-refractivity contribution in [3.63, 3.8) is 0 Å². The molecule has 0 aromatic carbocycles. The van der Waals surface area contributed by atoms with Crippen molar-refractivity contribution in [1.29, 1.82) is 0 Å². The van der Waals surface area contributed by atoms with Gasteiger partial charge in [0.1, 0.15) is 6.04 Å². The minimum Gasteiger partial charge on any atom is -0.480 e. The van der Waals surface area contributed by atoms with Crippen LogP contribution >= 0.6 is 0 Å². The Hall–Kier alpha value is -1.10. The van der Waals surface area contributed by atoms with E-state index >= 15 is 0 Å². The van der Waals surface area contributed by atoms with Crippen molar-refractivity contribution in [3.8, 4) is 0 Å². The van der Waals surface area contributed by atoms with Crippen molar-refractivity contribution < 1.29 is 14.7 Å². The van der Waals surface area contributed by atoms with Crippen LogP contribution in [0.2, 0.25) is 0 Å². The third-order valence-electron chi connectivity index (χ3n) is 2.04. The highest BCUT2D eigenvalue weighted by Crippen LogP contribution is 1.99. The highest BCUT2D eigenvalue weighted by Gasteiger charge is 2.23. The maximum Gasteiger partial charge on any atom is 0.326 e. The lowest BCUT2D eigenvalue weighted by atomic mass is 10.0. The number of carbonyl (C=O) groups excluding carboxylic acids is 1. The lowest BCUT2D eigenvalue weighted by molar-refractivity contribution is -0.142. The van der Waals surface area contributed by atoms with E-state index in [9.17, 15) is 9.59 Å². The second kappa shape index (κ2) is 5.59. The quantitative estimate of drug-likeness (QED) is 0.582. The molecule has 0 aromatic rings. The van der Waals surface area contributed by atoms with Crippen LogP contribution in [0, 0.1) is 5.92 Å².